The fraction of sp³-hybridized carbons (Fsp3) is 0.500. The van der Waals surface area contributed by atoms with Crippen LogP contribution < -0.4 is 11.1 Å². The molecular formula is C12H16N4O2. The van der Waals surface area contributed by atoms with Gasteiger partial charge in [0, 0.05) is 5.92 Å². The van der Waals surface area contributed by atoms with Crippen LogP contribution in [0.4, 0.5) is 5.82 Å². The van der Waals surface area contributed by atoms with Crippen molar-refractivity contribution >= 4 is 17.6 Å². The number of anilines is 1. The fourth-order valence-electron chi connectivity index (χ4n) is 1.67. The maximum absolute atomic E-state index is 11.6. The molecule has 6 nitrogen and oxygen atoms in total. The van der Waals surface area contributed by atoms with Gasteiger partial charge >= 0.3 is 0 Å². The first kappa shape index (κ1) is 12.5. The number of amides is 2. The number of hydrogen-bond acceptors (Lipinski definition) is 4. The monoisotopic (exact) mass is 248 g/mol. The second-order valence-electron chi connectivity index (χ2n) is 4.82. The molecule has 0 spiro atoms. The lowest BCUT2D eigenvalue weighted by Gasteiger charge is -2.11. The normalized spacial score (nSPS) is 14.6. The van der Waals surface area contributed by atoms with Crippen LogP contribution in [0.5, 0.6) is 0 Å². The van der Waals surface area contributed by atoms with Gasteiger partial charge in [0.15, 0.2) is 11.5 Å². The van der Waals surface area contributed by atoms with E-state index in [1.807, 2.05) is 13.8 Å². The maximum atomic E-state index is 11.6. The number of rotatable bonds is 4. The molecule has 1 aliphatic carbocycles. The third-order valence-electron chi connectivity index (χ3n) is 2.88. The Morgan fingerprint density at radius 3 is 2.56 bits per heavy atom. The van der Waals surface area contributed by atoms with Crippen molar-refractivity contribution in [3.05, 3.63) is 17.3 Å². The van der Waals surface area contributed by atoms with Gasteiger partial charge in [0.1, 0.15) is 0 Å². The molecule has 0 atom stereocenters. The SMILES string of the molecule is CC(C)c1cc(NC(=O)C2CC2)nnc1C(N)=O. The van der Waals surface area contributed by atoms with Crippen LogP contribution in [0.15, 0.2) is 6.07 Å². The van der Waals surface area contributed by atoms with Gasteiger partial charge in [-0.2, -0.15) is 0 Å². The van der Waals surface area contributed by atoms with Gasteiger partial charge in [0.25, 0.3) is 5.91 Å². The summed E-state index contributed by atoms with van der Waals surface area (Å²) in [6.45, 7) is 3.85. The van der Waals surface area contributed by atoms with Crippen molar-refractivity contribution in [1.29, 1.82) is 0 Å². The van der Waals surface area contributed by atoms with Crippen molar-refractivity contribution in [2.75, 3.05) is 5.32 Å². The van der Waals surface area contributed by atoms with Crippen LogP contribution in [-0.2, 0) is 4.79 Å². The van der Waals surface area contributed by atoms with E-state index in [4.69, 9.17) is 5.73 Å². The minimum absolute atomic E-state index is 0.0363. The minimum atomic E-state index is -0.605. The zero-order chi connectivity index (χ0) is 13.3. The molecule has 96 valence electrons. The highest BCUT2D eigenvalue weighted by atomic mass is 16.2. The smallest absolute Gasteiger partial charge is 0.269 e. The molecule has 1 aliphatic rings. The lowest BCUT2D eigenvalue weighted by Crippen LogP contribution is -2.20. The number of hydrogen-bond donors (Lipinski definition) is 2. The molecule has 0 saturated heterocycles. The van der Waals surface area contributed by atoms with E-state index in [0.29, 0.717) is 11.4 Å². The Labute approximate surface area is 105 Å². The van der Waals surface area contributed by atoms with Crippen LogP contribution in [0.25, 0.3) is 0 Å². The van der Waals surface area contributed by atoms with Crippen molar-refractivity contribution in [3.8, 4) is 0 Å². The average Bonchev–Trinajstić information content (AvgIpc) is 3.12. The molecule has 1 aromatic heterocycles. The number of nitrogens with two attached hydrogens (primary N) is 1. The van der Waals surface area contributed by atoms with Crippen LogP contribution in [-0.4, -0.2) is 22.0 Å². The Morgan fingerprint density at radius 1 is 1.39 bits per heavy atom. The largest absolute Gasteiger partial charge is 0.364 e. The molecule has 0 radical (unpaired) electrons. The molecule has 0 bridgehead atoms. The predicted octanol–water partition coefficient (Wildman–Crippen LogP) is 1.05. The summed E-state index contributed by atoms with van der Waals surface area (Å²) in [5.41, 5.74) is 6.09. The molecule has 0 aromatic carbocycles. The average molecular weight is 248 g/mol. The summed E-state index contributed by atoms with van der Waals surface area (Å²) in [5.74, 6) is -0.0811. The Bertz CT molecular complexity index is 495. The second-order valence-corrected chi connectivity index (χ2v) is 4.82. The minimum Gasteiger partial charge on any atom is -0.364 e. The molecule has 1 saturated carbocycles. The lowest BCUT2D eigenvalue weighted by atomic mass is 10.0. The van der Waals surface area contributed by atoms with E-state index in [2.05, 4.69) is 15.5 Å². The summed E-state index contributed by atoms with van der Waals surface area (Å²) in [4.78, 5) is 22.8. The van der Waals surface area contributed by atoms with Gasteiger partial charge < -0.3 is 11.1 Å². The van der Waals surface area contributed by atoms with Crippen LogP contribution in [0.3, 0.4) is 0 Å². The van der Waals surface area contributed by atoms with Gasteiger partial charge in [-0.05, 0) is 30.4 Å². The van der Waals surface area contributed by atoms with Gasteiger partial charge in [0.05, 0.1) is 0 Å². The molecule has 18 heavy (non-hydrogen) atoms. The molecule has 0 unspecified atom stereocenters. The first-order valence-corrected chi connectivity index (χ1v) is 5.97. The van der Waals surface area contributed by atoms with E-state index in [0.717, 1.165) is 12.8 Å². The summed E-state index contributed by atoms with van der Waals surface area (Å²) in [6, 6.07) is 1.66. The lowest BCUT2D eigenvalue weighted by molar-refractivity contribution is -0.117. The highest BCUT2D eigenvalue weighted by Crippen LogP contribution is 2.30. The van der Waals surface area contributed by atoms with Crippen LogP contribution >= 0.6 is 0 Å². The van der Waals surface area contributed by atoms with Crippen molar-refractivity contribution < 1.29 is 9.59 Å². The highest BCUT2D eigenvalue weighted by Gasteiger charge is 2.30. The molecule has 2 amide bonds. The summed E-state index contributed by atoms with van der Waals surface area (Å²) >= 11 is 0. The third kappa shape index (κ3) is 2.64. The van der Waals surface area contributed by atoms with Crippen molar-refractivity contribution in [1.82, 2.24) is 10.2 Å². The van der Waals surface area contributed by atoms with Gasteiger partial charge in [-0.25, -0.2) is 0 Å². The molecule has 2 rings (SSSR count). The zero-order valence-corrected chi connectivity index (χ0v) is 10.4. The summed E-state index contributed by atoms with van der Waals surface area (Å²) in [5, 5.41) is 10.3. The van der Waals surface area contributed by atoms with E-state index in [9.17, 15) is 9.59 Å². The van der Waals surface area contributed by atoms with Crippen molar-refractivity contribution in [3.63, 3.8) is 0 Å². The van der Waals surface area contributed by atoms with Crippen molar-refractivity contribution in [2.45, 2.75) is 32.6 Å². The molecule has 0 aliphatic heterocycles. The first-order chi connectivity index (χ1) is 8.49. The summed E-state index contributed by atoms with van der Waals surface area (Å²) in [6.07, 6.45) is 1.85. The molecule has 3 N–H and O–H groups in total. The standard InChI is InChI=1S/C12H16N4O2/c1-6(2)8-5-9(14-12(18)7-3-4-7)15-16-10(8)11(13)17/h5-7H,3-4H2,1-2H3,(H2,13,17)(H,14,15,18). The van der Waals surface area contributed by atoms with Gasteiger partial charge in [-0.1, -0.05) is 13.8 Å². The molecule has 1 aromatic rings. The Morgan fingerprint density at radius 2 is 2.06 bits per heavy atom. The fourth-order valence-corrected chi connectivity index (χ4v) is 1.67. The number of nitrogens with zero attached hydrogens (tertiary/aromatic N) is 2. The van der Waals surface area contributed by atoms with Crippen LogP contribution in [0, 0.1) is 5.92 Å². The zero-order valence-electron chi connectivity index (χ0n) is 10.4. The van der Waals surface area contributed by atoms with E-state index < -0.39 is 5.91 Å². The van der Waals surface area contributed by atoms with Gasteiger partial charge in [-0.15, -0.1) is 10.2 Å². The van der Waals surface area contributed by atoms with Gasteiger partial charge in [0.2, 0.25) is 5.91 Å². The molecule has 1 heterocycles. The number of primary amides is 1. The van der Waals surface area contributed by atoms with Crippen molar-refractivity contribution in [2.24, 2.45) is 11.7 Å². The van der Waals surface area contributed by atoms with Crippen LogP contribution in [0.2, 0.25) is 0 Å². The Kier molecular flexibility index (Phi) is 3.27. The maximum Gasteiger partial charge on any atom is 0.269 e. The summed E-state index contributed by atoms with van der Waals surface area (Å²) < 4.78 is 0. The number of carbonyl (C=O) groups excluding carboxylic acids is 2. The number of nitrogens with one attached hydrogen (secondary N) is 1. The molecule has 6 heteroatoms. The van der Waals surface area contributed by atoms with Gasteiger partial charge in [-0.3, -0.25) is 9.59 Å². The molecular weight excluding hydrogens is 232 g/mol. The number of aromatic nitrogens is 2. The Balaban J connectivity index is 2.24. The molecule has 1 fully saturated rings. The summed E-state index contributed by atoms with van der Waals surface area (Å²) in [7, 11) is 0. The topological polar surface area (TPSA) is 98.0 Å². The van der Waals surface area contributed by atoms with E-state index >= 15 is 0 Å². The third-order valence-corrected chi connectivity index (χ3v) is 2.88. The number of carbonyl (C=O) groups is 2. The first-order valence-electron chi connectivity index (χ1n) is 5.97. The van der Waals surface area contributed by atoms with E-state index in [1.165, 1.54) is 0 Å². The second kappa shape index (κ2) is 4.72. The highest BCUT2D eigenvalue weighted by molar-refractivity contribution is 5.95. The van der Waals surface area contributed by atoms with Crippen LogP contribution in [0.1, 0.15) is 48.7 Å². The van der Waals surface area contributed by atoms with E-state index in [-0.39, 0.29) is 23.4 Å². The quantitative estimate of drug-likeness (QED) is 0.831. The Hall–Kier alpha value is -1.98. The van der Waals surface area contributed by atoms with E-state index in [1.54, 1.807) is 6.07 Å². The predicted molar refractivity (Wildman–Crippen MR) is 66.0 cm³/mol.